The molecule has 6 nitrogen and oxygen atoms in total. The average molecular weight is 400 g/mol. The topological polar surface area (TPSA) is 89.5 Å². The smallest absolute Gasteiger partial charge is 0.316 e. The van der Waals surface area contributed by atoms with Crippen molar-refractivity contribution in [2.24, 2.45) is 0 Å². The van der Waals surface area contributed by atoms with E-state index in [-0.39, 0.29) is 16.3 Å². The molecule has 0 radical (unpaired) electrons. The van der Waals surface area contributed by atoms with Crippen LogP contribution in [-0.2, 0) is 29.9 Å². The molecule has 0 aliphatic rings. The average Bonchev–Trinajstić information content (AvgIpc) is 3.06. The Morgan fingerprint density at radius 3 is 2.64 bits per heavy atom. The minimum absolute atomic E-state index is 0.0150. The lowest BCUT2D eigenvalue weighted by molar-refractivity contribution is -0.144. The second kappa shape index (κ2) is 9.02. The molecule has 1 N–H and O–H groups in total. The molecule has 9 heteroatoms. The van der Waals surface area contributed by atoms with Gasteiger partial charge in [0.15, 0.2) is 16.4 Å². The fourth-order valence-electron chi connectivity index (χ4n) is 1.90. The number of thiophene rings is 1. The Bertz CT molecular complexity index is 831. The molecule has 2 rings (SSSR count). The number of amides is 1. The van der Waals surface area contributed by atoms with Crippen LogP contribution < -0.4 is 5.32 Å². The van der Waals surface area contributed by atoms with Gasteiger partial charge in [-0.1, -0.05) is 18.2 Å². The summed E-state index contributed by atoms with van der Waals surface area (Å²) in [6.07, 6.45) is 1.06. The number of sulfone groups is 1. The van der Waals surface area contributed by atoms with E-state index in [0.717, 1.165) is 11.1 Å². The summed E-state index contributed by atoms with van der Waals surface area (Å²) in [6, 6.07) is 9.98. The summed E-state index contributed by atoms with van der Waals surface area (Å²) in [4.78, 5) is 24.7. The van der Waals surface area contributed by atoms with Gasteiger partial charge in [-0.25, -0.2) is 8.42 Å². The zero-order valence-electron chi connectivity index (χ0n) is 13.4. The molecular weight excluding hydrogens is 382 g/mol. The van der Waals surface area contributed by atoms with Crippen LogP contribution in [0.2, 0.25) is 0 Å². The highest BCUT2D eigenvalue weighted by Crippen LogP contribution is 2.20. The van der Waals surface area contributed by atoms with Crippen LogP contribution in [0, 0.1) is 0 Å². The number of rotatable bonds is 8. The normalized spacial score (nSPS) is 11.1. The van der Waals surface area contributed by atoms with Crippen LogP contribution in [0.1, 0.15) is 4.88 Å². The van der Waals surface area contributed by atoms with Gasteiger partial charge < -0.3 is 10.1 Å². The van der Waals surface area contributed by atoms with Crippen LogP contribution in [0.15, 0.2) is 46.7 Å². The monoisotopic (exact) mass is 399 g/mol. The van der Waals surface area contributed by atoms with Crippen LogP contribution in [0.25, 0.3) is 0 Å². The second-order valence-corrected chi connectivity index (χ2v) is 9.05. The van der Waals surface area contributed by atoms with Crippen molar-refractivity contribution < 1.29 is 22.7 Å². The van der Waals surface area contributed by atoms with Crippen molar-refractivity contribution >= 4 is 50.5 Å². The van der Waals surface area contributed by atoms with Gasteiger partial charge in [0.25, 0.3) is 5.91 Å². The first kappa shape index (κ1) is 19.5. The van der Waals surface area contributed by atoms with E-state index >= 15 is 0 Å². The lowest BCUT2D eigenvalue weighted by atomic mass is 10.3. The van der Waals surface area contributed by atoms with E-state index in [1.54, 1.807) is 23.5 Å². The molecule has 25 heavy (non-hydrogen) atoms. The summed E-state index contributed by atoms with van der Waals surface area (Å²) < 4.78 is 28.3. The highest BCUT2D eigenvalue weighted by molar-refractivity contribution is 7.99. The summed E-state index contributed by atoms with van der Waals surface area (Å²) >= 11 is 3.02. The molecule has 0 bridgehead atoms. The Morgan fingerprint density at radius 1 is 1.20 bits per heavy atom. The molecule has 0 aliphatic heterocycles. The molecule has 1 aromatic heterocycles. The standard InChI is InChI=1S/C16H17NO5S3/c1-25(20,21)14-7-3-2-6-13(14)17-15(18)9-22-16(19)11-23-10-12-5-4-8-24-12/h2-8H,9-11H2,1H3,(H,17,18). The van der Waals surface area contributed by atoms with Crippen molar-refractivity contribution in [2.45, 2.75) is 10.6 Å². The maximum atomic E-state index is 11.9. The van der Waals surface area contributed by atoms with E-state index in [0.29, 0.717) is 5.75 Å². The van der Waals surface area contributed by atoms with E-state index in [1.807, 2.05) is 17.5 Å². The van der Waals surface area contributed by atoms with Crippen molar-refractivity contribution in [1.29, 1.82) is 0 Å². The van der Waals surface area contributed by atoms with Gasteiger partial charge in [0, 0.05) is 16.9 Å². The summed E-state index contributed by atoms with van der Waals surface area (Å²) in [7, 11) is -3.47. The molecule has 0 fully saturated rings. The zero-order valence-corrected chi connectivity index (χ0v) is 15.9. The fraction of sp³-hybridized carbons (Fsp3) is 0.250. The maximum Gasteiger partial charge on any atom is 0.316 e. The van der Waals surface area contributed by atoms with Gasteiger partial charge in [-0.15, -0.1) is 23.1 Å². The molecular formula is C16H17NO5S3. The van der Waals surface area contributed by atoms with E-state index < -0.39 is 28.3 Å². The molecule has 0 saturated heterocycles. The van der Waals surface area contributed by atoms with E-state index in [2.05, 4.69) is 5.32 Å². The molecule has 1 aromatic carbocycles. The summed E-state index contributed by atoms with van der Waals surface area (Å²) in [5.41, 5.74) is 0.165. The van der Waals surface area contributed by atoms with E-state index in [9.17, 15) is 18.0 Å². The molecule has 2 aromatic rings. The predicted molar refractivity (Wildman–Crippen MR) is 99.6 cm³/mol. The molecule has 1 amide bonds. The Morgan fingerprint density at radius 2 is 1.96 bits per heavy atom. The van der Waals surface area contributed by atoms with Crippen molar-refractivity contribution in [3.05, 3.63) is 46.7 Å². The molecule has 0 atom stereocenters. The van der Waals surface area contributed by atoms with Crippen molar-refractivity contribution in [3.63, 3.8) is 0 Å². The number of para-hydroxylation sites is 1. The number of nitrogens with one attached hydrogen (secondary N) is 1. The zero-order chi connectivity index (χ0) is 18.3. The van der Waals surface area contributed by atoms with Gasteiger partial charge in [-0.3, -0.25) is 9.59 Å². The van der Waals surface area contributed by atoms with Crippen LogP contribution in [0.3, 0.4) is 0 Å². The first-order chi connectivity index (χ1) is 11.9. The third kappa shape index (κ3) is 6.52. The van der Waals surface area contributed by atoms with Gasteiger partial charge in [0.2, 0.25) is 0 Å². The molecule has 0 spiro atoms. The first-order valence-electron chi connectivity index (χ1n) is 7.21. The van der Waals surface area contributed by atoms with Gasteiger partial charge in [-0.05, 0) is 23.6 Å². The van der Waals surface area contributed by atoms with Crippen LogP contribution in [0.5, 0.6) is 0 Å². The number of carbonyl (C=O) groups is 2. The van der Waals surface area contributed by atoms with Crippen molar-refractivity contribution in [3.8, 4) is 0 Å². The second-order valence-electron chi connectivity index (χ2n) is 5.05. The third-order valence-electron chi connectivity index (χ3n) is 2.97. The number of hydrogen-bond acceptors (Lipinski definition) is 7. The lowest BCUT2D eigenvalue weighted by Gasteiger charge is -2.10. The molecule has 0 saturated carbocycles. The highest BCUT2D eigenvalue weighted by Gasteiger charge is 2.15. The number of carbonyl (C=O) groups excluding carboxylic acids is 2. The maximum absolute atomic E-state index is 11.9. The highest BCUT2D eigenvalue weighted by atomic mass is 32.2. The molecule has 0 aliphatic carbocycles. The van der Waals surface area contributed by atoms with Crippen LogP contribution in [0.4, 0.5) is 5.69 Å². The molecule has 1 heterocycles. The van der Waals surface area contributed by atoms with E-state index in [1.165, 1.54) is 23.9 Å². The lowest BCUT2D eigenvalue weighted by Crippen LogP contribution is -2.22. The molecule has 134 valence electrons. The Balaban J connectivity index is 1.78. The first-order valence-corrected chi connectivity index (χ1v) is 11.1. The summed E-state index contributed by atoms with van der Waals surface area (Å²) in [5, 5.41) is 4.42. The quantitative estimate of drug-likeness (QED) is 0.686. The Kier molecular flexibility index (Phi) is 7.03. The molecule has 0 unspecified atom stereocenters. The third-order valence-corrected chi connectivity index (χ3v) is 6.14. The summed E-state index contributed by atoms with van der Waals surface area (Å²) in [5.74, 6) is -0.230. The number of esters is 1. The minimum Gasteiger partial charge on any atom is -0.455 e. The van der Waals surface area contributed by atoms with Crippen molar-refractivity contribution in [2.75, 3.05) is 23.9 Å². The minimum atomic E-state index is -3.47. The number of hydrogen-bond donors (Lipinski definition) is 1. The van der Waals surface area contributed by atoms with Crippen molar-refractivity contribution in [1.82, 2.24) is 0 Å². The number of ether oxygens (including phenoxy) is 1. The Labute approximate surface area is 154 Å². The van der Waals surface area contributed by atoms with Gasteiger partial charge in [-0.2, -0.15) is 0 Å². The SMILES string of the molecule is CS(=O)(=O)c1ccccc1NC(=O)COC(=O)CSCc1cccs1. The van der Waals surface area contributed by atoms with Crippen LogP contribution in [-0.4, -0.2) is 38.9 Å². The number of thioether (sulfide) groups is 1. The summed E-state index contributed by atoms with van der Waals surface area (Å²) in [6.45, 7) is -0.462. The largest absolute Gasteiger partial charge is 0.455 e. The fourth-order valence-corrected chi connectivity index (χ4v) is 4.40. The van der Waals surface area contributed by atoms with Gasteiger partial charge in [0.1, 0.15) is 0 Å². The van der Waals surface area contributed by atoms with Crippen LogP contribution >= 0.6 is 23.1 Å². The number of benzene rings is 1. The number of anilines is 1. The van der Waals surface area contributed by atoms with E-state index in [4.69, 9.17) is 4.74 Å². The van der Waals surface area contributed by atoms with Gasteiger partial charge in [0.05, 0.1) is 16.3 Å². The predicted octanol–water partition coefficient (Wildman–Crippen LogP) is 2.57. The van der Waals surface area contributed by atoms with Gasteiger partial charge >= 0.3 is 5.97 Å². The Hall–Kier alpha value is -1.84.